The molecular weight excluding hydrogens is 283 g/mol. The third kappa shape index (κ3) is 5.76. The summed E-state index contributed by atoms with van der Waals surface area (Å²) in [5.74, 6) is -0.0355. The average Bonchev–Trinajstić information content (AvgIpc) is 2.42. The summed E-state index contributed by atoms with van der Waals surface area (Å²) in [6.07, 6.45) is 1.55. The lowest BCUT2D eigenvalue weighted by molar-refractivity contribution is 0.132. The number of rotatable bonds is 11. The Labute approximate surface area is 119 Å². The van der Waals surface area contributed by atoms with Crippen molar-refractivity contribution in [3.8, 4) is 6.07 Å². The number of nitrogens with zero attached hydrogens (tertiary/aromatic N) is 1. The Hall–Kier alpha value is -1.32. The number of hydrogen-bond donors (Lipinski definition) is 2. The summed E-state index contributed by atoms with van der Waals surface area (Å²) in [6, 6.07) is 1.79. The molecule has 0 aliphatic carbocycles. The van der Waals surface area contributed by atoms with Gasteiger partial charge in [-0.05, 0) is 13.8 Å². The van der Waals surface area contributed by atoms with Gasteiger partial charge in [0.1, 0.15) is 12.7 Å². The van der Waals surface area contributed by atoms with Crippen LogP contribution in [0, 0.1) is 11.3 Å². The number of aliphatic hydroxyl groups excluding tert-OH is 1. The Bertz CT molecular complexity index is 407. The highest BCUT2D eigenvalue weighted by Gasteiger charge is 2.34. The van der Waals surface area contributed by atoms with Crippen molar-refractivity contribution in [3.05, 3.63) is 23.9 Å². The van der Waals surface area contributed by atoms with Gasteiger partial charge >= 0.3 is 7.60 Å². The monoisotopic (exact) mass is 304 g/mol. The van der Waals surface area contributed by atoms with Crippen LogP contribution >= 0.6 is 7.60 Å². The van der Waals surface area contributed by atoms with E-state index >= 15 is 0 Å². The Morgan fingerprint density at radius 2 is 2.05 bits per heavy atom. The van der Waals surface area contributed by atoms with Crippen molar-refractivity contribution >= 4 is 7.60 Å². The van der Waals surface area contributed by atoms with E-state index in [0.717, 1.165) is 0 Å². The normalized spacial score (nSPS) is 12.3. The first kappa shape index (κ1) is 18.7. The molecule has 0 rings (SSSR count). The fraction of sp³-hybridized carbons (Fsp3) is 0.583. The molecule has 2 N–H and O–H groups in total. The van der Waals surface area contributed by atoms with E-state index in [4.69, 9.17) is 18.9 Å². The highest BCUT2D eigenvalue weighted by atomic mass is 31.2. The fourth-order valence-corrected chi connectivity index (χ4v) is 2.79. The number of hydrogen-bond acceptors (Lipinski definition) is 7. The molecule has 0 aromatic carbocycles. The van der Waals surface area contributed by atoms with Crippen LogP contribution in [0.4, 0.5) is 0 Å². The molecule has 0 saturated heterocycles. The zero-order chi connectivity index (χ0) is 15.4. The lowest BCUT2D eigenvalue weighted by Gasteiger charge is -2.19. The van der Waals surface area contributed by atoms with E-state index in [-0.39, 0.29) is 37.6 Å². The molecule has 0 fully saturated rings. The summed E-state index contributed by atoms with van der Waals surface area (Å²) in [5.41, 5.74) is 0. The van der Waals surface area contributed by atoms with Crippen LogP contribution in [0.25, 0.3) is 0 Å². The molecule has 0 saturated carbocycles. The number of ether oxygens (including phenoxy) is 1. The van der Waals surface area contributed by atoms with Crippen molar-refractivity contribution < 1.29 is 23.5 Å². The van der Waals surface area contributed by atoms with Crippen LogP contribution in [0.3, 0.4) is 0 Å². The number of aliphatic hydroxyl groups is 1. The maximum Gasteiger partial charge on any atom is 0.377 e. The summed E-state index contributed by atoms with van der Waals surface area (Å²) in [7, 11) is -3.75. The third-order valence-corrected chi connectivity index (χ3v) is 3.98. The highest BCUT2D eigenvalue weighted by Crippen LogP contribution is 2.56. The van der Waals surface area contributed by atoms with Crippen molar-refractivity contribution in [1.29, 1.82) is 5.26 Å². The van der Waals surface area contributed by atoms with E-state index in [1.807, 2.05) is 0 Å². The third-order valence-electron chi connectivity index (χ3n) is 1.94. The van der Waals surface area contributed by atoms with Crippen molar-refractivity contribution in [2.24, 2.45) is 0 Å². The van der Waals surface area contributed by atoms with Crippen LogP contribution in [0.2, 0.25) is 0 Å². The molecular formula is C12H21N2O5P. The predicted octanol–water partition coefficient (Wildman–Crippen LogP) is 1.73. The van der Waals surface area contributed by atoms with E-state index in [2.05, 4.69) is 11.9 Å². The number of nitrogens with one attached hydrogen (secondary N) is 1. The summed E-state index contributed by atoms with van der Waals surface area (Å²) >= 11 is 0. The quantitative estimate of drug-likeness (QED) is 0.259. The lowest BCUT2D eigenvalue weighted by Crippen LogP contribution is -2.20. The zero-order valence-corrected chi connectivity index (χ0v) is 12.7. The maximum atomic E-state index is 12.6. The molecule has 0 aliphatic rings. The van der Waals surface area contributed by atoms with Crippen LogP contribution in [0.15, 0.2) is 23.9 Å². The van der Waals surface area contributed by atoms with Gasteiger partial charge < -0.3 is 24.2 Å². The molecule has 0 radical (unpaired) electrons. The van der Waals surface area contributed by atoms with Crippen LogP contribution in [0.5, 0.6) is 0 Å². The minimum absolute atomic E-state index is 0.0355. The van der Waals surface area contributed by atoms with Gasteiger partial charge in [-0.15, -0.1) is 6.58 Å². The van der Waals surface area contributed by atoms with Crippen LogP contribution in [-0.2, 0) is 18.3 Å². The Balaban J connectivity index is 5.53. The average molecular weight is 304 g/mol. The van der Waals surface area contributed by atoms with Gasteiger partial charge in [0.05, 0.1) is 19.8 Å². The molecule has 0 amide bonds. The minimum atomic E-state index is -3.75. The van der Waals surface area contributed by atoms with Gasteiger partial charge in [-0.25, -0.2) is 0 Å². The van der Waals surface area contributed by atoms with Gasteiger partial charge in [0.25, 0.3) is 0 Å². The summed E-state index contributed by atoms with van der Waals surface area (Å²) < 4.78 is 28.0. The second kappa shape index (κ2) is 10.5. The topological polar surface area (TPSA) is 101 Å². The molecule has 114 valence electrons. The molecule has 0 heterocycles. The molecule has 8 heteroatoms. The Morgan fingerprint density at radius 1 is 1.45 bits per heavy atom. The molecule has 20 heavy (non-hydrogen) atoms. The van der Waals surface area contributed by atoms with E-state index in [1.165, 1.54) is 0 Å². The van der Waals surface area contributed by atoms with E-state index in [9.17, 15) is 9.83 Å². The van der Waals surface area contributed by atoms with E-state index in [0.29, 0.717) is 6.54 Å². The Kier molecular flexibility index (Phi) is 9.77. The number of nitriles is 1. The van der Waals surface area contributed by atoms with Gasteiger partial charge in [0.2, 0.25) is 11.2 Å². The molecule has 0 aromatic heterocycles. The second-order valence-corrected chi connectivity index (χ2v) is 5.32. The Morgan fingerprint density at radius 3 is 2.45 bits per heavy atom. The first-order chi connectivity index (χ1) is 9.59. The largest absolute Gasteiger partial charge is 0.476 e. The van der Waals surface area contributed by atoms with E-state index in [1.54, 1.807) is 26.0 Å². The molecule has 0 atom stereocenters. The molecule has 0 aromatic rings. The molecule has 0 bridgehead atoms. The summed E-state index contributed by atoms with van der Waals surface area (Å²) in [4.78, 5) is 0. The van der Waals surface area contributed by atoms with Crippen molar-refractivity contribution in [1.82, 2.24) is 5.32 Å². The van der Waals surface area contributed by atoms with Gasteiger partial charge in [-0.1, -0.05) is 6.08 Å². The maximum absolute atomic E-state index is 12.6. The molecule has 0 aliphatic heterocycles. The minimum Gasteiger partial charge on any atom is -0.476 e. The first-order valence-electron chi connectivity index (χ1n) is 6.22. The van der Waals surface area contributed by atoms with Crippen molar-refractivity contribution in [2.75, 3.05) is 33.0 Å². The molecule has 0 spiro atoms. The molecule has 7 nitrogen and oxygen atoms in total. The predicted molar refractivity (Wildman–Crippen MR) is 74.7 cm³/mol. The van der Waals surface area contributed by atoms with Crippen molar-refractivity contribution in [2.45, 2.75) is 13.8 Å². The van der Waals surface area contributed by atoms with Gasteiger partial charge in [-0.3, -0.25) is 4.57 Å². The molecule has 0 unspecified atom stereocenters. The number of allylic oxidation sites excluding steroid dienone is 1. The smallest absolute Gasteiger partial charge is 0.377 e. The van der Waals surface area contributed by atoms with Crippen LogP contribution in [-0.4, -0.2) is 38.1 Å². The van der Waals surface area contributed by atoms with Crippen molar-refractivity contribution in [3.63, 3.8) is 0 Å². The fourth-order valence-electron chi connectivity index (χ4n) is 1.26. The van der Waals surface area contributed by atoms with E-state index < -0.39 is 7.60 Å². The second-order valence-electron chi connectivity index (χ2n) is 3.36. The van der Waals surface area contributed by atoms with Crippen LogP contribution in [0.1, 0.15) is 13.8 Å². The van der Waals surface area contributed by atoms with Crippen LogP contribution < -0.4 is 5.32 Å². The standard InChI is InChI=1S/C12H21N2O5P/c1-4-7-14-12(17-9-8-15)11(10-13)20(16,18-5-2)19-6-3/h4,14-15H,1,5-9H2,2-3H3/b12-11+. The lowest BCUT2D eigenvalue weighted by atomic mass is 10.5. The van der Waals surface area contributed by atoms with Gasteiger partial charge in [-0.2, -0.15) is 5.26 Å². The summed E-state index contributed by atoms with van der Waals surface area (Å²) in [6.45, 7) is 7.06. The zero-order valence-electron chi connectivity index (χ0n) is 11.8. The highest BCUT2D eigenvalue weighted by molar-refractivity contribution is 7.58. The first-order valence-corrected chi connectivity index (χ1v) is 7.76. The van der Waals surface area contributed by atoms with Gasteiger partial charge in [0.15, 0.2) is 0 Å². The SMILES string of the molecule is C=CCN/C(OCCO)=C(/C#N)P(=O)(OCC)OCC. The van der Waals surface area contributed by atoms with Gasteiger partial charge in [0, 0.05) is 6.54 Å². The summed E-state index contributed by atoms with van der Waals surface area (Å²) in [5, 5.41) is 20.5.